The van der Waals surface area contributed by atoms with E-state index in [1.54, 1.807) is 0 Å². The Bertz CT molecular complexity index is 182. The number of allylic oxidation sites excluding steroid dienone is 1. The van der Waals surface area contributed by atoms with Gasteiger partial charge in [0.15, 0.2) is 27.1 Å². The summed E-state index contributed by atoms with van der Waals surface area (Å²) in [6.45, 7) is 16.5. The minimum absolute atomic E-state index is 0.731. The van der Waals surface area contributed by atoms with Crippen LogP contribution in [0, 0.1) is 0 Å². The maximum Gasteiger partial charge on any atom is 0.473 e. The molecule has 0 heterocycles. The van der Waals surface area contributed by atoms with Crippen molar-refractivity contribution in [2.45, 2.75) is 45.3 Å². The summed E-state index contributed by atoms with van der Waals surface area (Å²) in [5.41, 5.74) is 0. The lowest BCUT2D eigenvalue weighted by atomic mass is 10.8. The zero-order valence-corrected chi connectivity index (χ0v) is 15.2. The first-order valence-electron chi connectivity index (χ1n) is 5.39. The highest BCUT2D eigenvalue weighted by Crippen LogP contribution is 2.20. The lowest BCUT2D eigenvalue weighted by molar-refractivity contribution is 0.273. The molecule has 0 aromatic heterocycles. The summed E-state index contributed by atoms with van der Waals surface area (Å²) in [5.74, 6) is 0. The van der Waals surface area contributed by atoms with Crippen LogP contribution in [0.3, 0.4) is 0 Å². The van der Waals surface area contributed by atoms with Gasteiger partial charge in [-0.1, -0.05) is 6.08 Å². The zero-order valence-electron chi connectivity index (χ0n) is 11.2. The van der Waals surface area contributed by atoms with E-state index in [-0.39, 0.29) is 0 Å². The van der Waals surface area contributed by atoms with E-state index in [1.807, 2.05) is 6.08 Å². The molecule has 0 N–H and O–H groups in total. The van der Waals surface area contributed by atoms with E-state index in [0.29, 0.717) is 0 Å². The summed E-state index contributed by atoms with van der Waals surface area (Å²) < 4.78 is 18.2. The summed E-state index contributed by atoms with van der Waals surface area (Å²) in [7, 11) is -4.89. The van der Waals surface area contributed by atoms with Gasteiger partial charge in [-0.2, -0.15) is 0 Å². The Morgan fingerprint density at radius 3 is 1.38 bits per heavy atom. The van der Waals surface area contributed by atoms with Crippen molar-refractivity contribution in [3.63, 3.8) is 0 Å². The molecule has 16 heavy (non-hydrogen) atoms. The van der Waals surface area contributed by atoms with Crippen LogP contribution in [0.4, 0.5) is 0 Å². The van der Waals surface area contributed by atoms with Gasteiger partial charge in [-0.25, -0.2) is 0 Å². The lowest BCUT2D eigenvalue weighted by Crippen LogP contribution is -2.52. The number of rotatable bonds is 8. The molecule has 0 spiro atoms. The normalized spacial score (nSPS) is 12.8. The average molecular weight is 292 g/mol. The molecule has 0 aromatic carbocycles. The van der Waals surface area contributed by atoms with Gasteiger partial charge in [-0.05, 0) is 39.3 Å². The van der Waals surface area contributed by atoms with Gasteiger partial charge in [0.25, 0.3) is 0 Å². The van der Waals surface area contributed by atoms with E-state index >= 15 is 0 Å². The quantitative estimate of drug-likeness (QED) is 0.508. The smallest absolute Gasteiger partial charge is 0.416 e. The maximum atomic E-state index is 6.08. The fourth-order valence-corrected chi connectivity index (χ4v) is 11.7. The summed E-state index contributed by atoms with van der Waals surface area (Å²) in [5, 5.41) is 0. The Balaban J connectivity index is 4.79. The molecule has 0 bridgehead atoms. The molecule has 0 amide bonds. The summed E-state index contributed by atoms with van der Waals surface area (Å²) in [4.78, 5) is 0. The second-order valence-electron chi connectivity index (χ2n) is 4.21. The number of hydrogen-bond acceptors (Lipinski definition) is 3. The van der Waals surface area contributed by atoms with Crippen LogP contribution in [0.2, 0.25) is 45.3 Å². The molecule has 3 nitrogen and oxygen atoms in total. The maximum absolute atomic E-state index is 6.08. The third kappa shape index (κ3) is 6.94. The van der Waals surface area contributed by atoms with Crippen LogP contribution in [0.15, 0.2) is 12.7 Å². The Labute approximate surface area is 106 Å². The van der Waals surface area contributed by atoms with Gasteiger partial charge in [0.2, 0.25) is 0 Å². The molecular weight excluding hydrogens is 268 g/mol. The van der Waals surface area contributed by atoms with Gasteiger partial charge < -0.3 is 12.3 Å². The van der Waals surface area contributed by atoms with Crippen molar-refractivity contribution in [1.29, 1.82) is 0 Å². The van der Waals surface area contributed by atoms with Crippen LogP contribution in [0.5, 0.6) is 0 Å². The van der Waals surface area contributed by atoms with Gasteiger partial charge in [-0.3, -0.25) is 0 Å². The molecule has 7 heteroatoms. The molecule has 0 fully saturated rings. The van der Waals surface area contributed by atoms with Crippen LogP contribution >= 0.6 is 0 Å². The highest BCUT2D eigenvalue weighted by molar-refractivity contribution is 6.80. The molecule has 93 valence electrons. The van der Waals surface area contributed by atoms with Crippen molar-refractivity contribution in [2.75, 3.05) is 0 Å². The molecule has 0 atom stereocenters. The largest absolute Gasteiger partial charge is 0.473 e. The molecule has 0 aliphatic heterocycles. The van der Waals surface area contributed by atoms with E-state index in [2.05, 4.69) is 45.9 Å². The fraction of sp³-hybridized carbons (Fsp3) is 0.778. The first-order chi connectivity index (χ1) is 7.31. The predicted molar refractivity (Wildman–Crippen MR) is 76.5 cm³/mol. The summed E-state index contributed by atoms with van der Waals surface area (Å²) in [6.07, 6.45) is 1.87. The minimum atomic E-state index is -2.47. The molecule has 0 aliphatic rings. The van der Waals surface area contributed by atoms with Gasteiger partial charge in [0.1, 0.15) is 0 Å². The Morgan fingerprint density at radius 2 is 1.19 bits per heavy atom. The SMILES string of the molecule is C=CC[Si](O[Si](C)C)(O[Si](C)C)O[Si](C)C. The highest BCUT2D eigenvalue weighted by Gasteiger charge is 2.42. The first kappa shape index (κ1) is 16.5. The monoisotopic (exact) mass is 291 g/mol. The first-order valence-corrected chi connectivity index (χ1v) is 14.6. The third-order valence-electron chi connectivity index (χ3n) is 1.47. The van der Waals surface area contributed by atoms with Gasteiger partial charge in [-0.15, -0.1) is 6.58 Å². The van der Waals surface area contributed by atoms with E-state index in [1.165, 1.54) is 0 Å². The van der Waals surface area contributed by atoms with Gasteiger partial charge >= 0.3 is 8.80 Å². The molecule has 0 saturated heterocycles. The van der Waals surface area contributed by atoms with Gasteiger partial charge in [0, 0.05) is 6.04 Å². The Kier molecular flexibility index (Phi) is 7.98. The molecule has 0 saturated carbocycles. The molecule has 0 rings (SSSR count). The lowest BCUT2D eigenvalue weighted by Gasteiger charge is -2.33. The standard InChI is InChI=1S/C9H23O3Si4/c1-8-9-16(10-13(2)3,11-14(4)5)12-15(6)7/h8H,1,9H2,2-7H3. The van der Waals surface area contributed by atoms with E-state index < -0.39 is 35.9 Å². The summed E-state index contributed by atoms with van der Waals surface area (Å²) >= 11 is 0. The van der Waals surface area contributed by atoms with Crippen molar-refractivity contribution in [3.05, 3.63) is 12.7 Å². The second kappa shape index (κ2) is 7.74. The van der Waals surface area contributed by atoms with Crippen LogP contribution in [-0.2, 0) is 12.3 Å². The fourth-order valence-electron chi connectivity index (χ4n) is 1.30. The van der Waals surface area contributed by atoms with Crippen LogP contribution in [0.1, 0.15) is 0 Å². The number of hydrogen-bond donors (Lipinski definition) is 0. The minimum Gasteiger partial charge on any atom is -0.416 e. The van der Waals surface area contributed by atoms with Crippen molar-refractivity contribution in [2.24, 2.45) is 0 Å². The predicted octanol–water partition coefficient (Wildman–Crippen LogP) is 2.91. The third-order valence-corrected chi connectivity index (χ3v) is 10.9. The molecule has 0 aromatic rings. The van der Waals surface area contributed by atoms with Crippen LogP contribution in [-0.4, -0.2) is 35.9 Å². The highest BCUT2D eigenvalue weighted by atomic mass is 28.5. The van der Waals surface area contributed by atoms with E-state index in [9.17, 15) is 0 Å². The van der Waals surface area contributed by atoms with Crippen LogP contribution in [0.25, 0.3) is 0 Å². The van der Waals surface area contributed by atoms with Crippen molar-refractivity contribution >= 4 is 35.9 Å². The molecular formula is C9H23O3Si4. The van der Waals surface area contributed by atoms with Gasteiger partial charge in [0.05, 0.1) is 0 Å². The second-order valence-corrected chi connectivity index (χ2v) is 13.9. The Morgan fingerprint density at radius 1 is 0.875 bits per heavy atom. The van der Waals surface area contributed by atoms with E-state index in [0.717, 1.165) is 6.04 Å². The molecule has 0 unspecified atom stereocenters. The van der Waals surface area contributed by atoms with Crippen molar-refractivity contribution < 1.29 is 12.3 Å². The van der Waals surface area contributed by atoms with Crippen molar-refractivity contribution in [3.8, 4) is 0 Å². The molecule has 0 aliphatic carbocycles. The zero-order chi connectivity index (χ0) is 12.8. The Hall–Kier alpha value is 0.488. The molecule has 3 radical (unpaired) electrons. The van der Waals surface area contributed by atoms with Crippen LogP contribution < -0.4 is 0 Å². The average Bonchev–Trinajstić information content (AvgIpc) is 1.98. The summed E-state index contributed by atoms with van der Waals surface area (Å²) in [6, 6.07) is 0.731. The topological polar surface area (TPSA) is 27.7 Å². The van der Waals surface area contributed by atoms with Crippen molar-refractivity contribution in [1.82, 2.24) is 0 Å². The van der Waals surface area contributed by atoms with E-state index in [4.69, 9.17) is 12.3 Å².